The number of nitrogens with one attached hydrogen (secondary N) is 1. The number of carbonyl (C=O) groups is 1. The highest BCUT2D eigenvalue weighted by molar-refractivity contribution is 7.99. The fourth-order valence-corrected chi connectivity index (χ4v) is 2.92. The topological polar surface area (TPSA) is 32.3 Å². The van der Waals surface area contributed by atoms with Gasteiger partial charge in [-0.25, -0.2) is 0 Å². The normalized spacial score (nSPS) is 14.8. The lowest BCUT2D eigenvalue weighted by atomic mass is 10.2. The number of likely N-dealkylation sites (N-methyl/N-ethyl adjacent to an activating group) is 1. The van der Waals surface area contributed by atoms with Crippen LogP contribution in [-0.2, 0) is 4.79 Å². The molecule has 1 aromatic rings. The molecule has 0 spiro atoms. The number of thioether (sulfide) groups is 1. The number of amides is 1. The first-order valence-electron chi connectivity index (χ1n) is 5.41. The van der Waals surface area contributed by atoms with Gasteiger partial charge in [0.25, 0.3) is 0 Å². The molecule has 1 N–H and O–H groups in total. The van der Waals surface area contributed by atoms with E-state index in [1.807, 2.05) is 22.7 Å². The van der Waals surface area contributed by atoms with Crippen molar-refractivity contribution in [1.82, 2.24) is 5.32 Å². The number of hydrogen-bond donors (Lipinski definition) is 1. The molecule has 0 bridgehead atoms. The highest BCUT2D eigenvalue weighted by Gasteiger charge is 2.22. The van der Waals surface area contributed by atoms with E-state index >= 15 is 0 Å². The molecule has 2 rings (SSSR count). The van der Waals surface area contributed by atoms with Crippen molar-refractivity contribution in [3.05, 3.63) is 23.8 Å². The second-order valence-corrected chi connectivity index (χ2v) is 5.03. The van der Waals surface area contributed by atoms with E-state index in [-0.39, 0.29) is 5.91 Å². The number of hydrogen-bond acceptors (Lipinski definition) is 3. The molecule has 1 aliphatic rings. The maximum absolute atomic E-state index is 11.9. The van der Waals surface area contributed by atoms with Crippen molar-refractivity contribution in [2.45, 2.75) is 11.8 Å². The minimum Gasteiger partial charge on any atom is -0.311 e. The number of nitrogens with zero attached hydrogens (tertiary/aromatic N) is 1. The van der Waals surface area contributed by atoms with Gasteiger partial charge in [-0.05, 0) is 31.7 Å². The molecule has 1 heterocycles. The van der Waals surface area contributed by atoms with Crippen LogP contribution in [0.1, 0.15) is 5.56 Å². The molecular formula is C12H16N2OS. The minimum absolute atomic E-state index is 0.146. The van der Waals surface area contributed by atoms with Crippen LogP contribution in [0, 0.1) is 6.92 Å². The zero-order valence-electron chi connectivity index (χ0n) is 9.62. The number of benzene rings is 1. The van der Waals surface area contributed by atoms with Crippen molar-refractivity contribution in [2.24, 2.45) is 0 Å². The molecule has 0 atom stereocenters. The predicted molar refractivity (Wildman–Crippen MR) is 68.2 cm³/mol. The van der Waals surface area contributed by atoms with Crippen LogP contribution in [0.3, 0.4) is 0 Å². The van der Waals surface area contributed by atoms with Crippen molar-refractivity contribution in [1.29, 1.82) is 0 Å². The average molecular weight is 236 g/mol. The summed E-state index contributed by atoms with van der Waals surface area (Å²) < 4.78 is 0. The molecule has 0 unspecified atom stereocenters. The summed E-state index contributed by atoms with van der Waals surface area (Å²) in [7, 11) is 1.80. The Bertz CT molecular complexity index is 406. The fourth-order valence-electron chi connectivity index (χ4n) is 1.83. The summed E-state index contributed by atoms with van der Waals surface area (Å²) in [6.07, 6.45) is 0. The van der Waals surface area contributed by atoms with E-state index in [0.717, 1.165) is 18.0 Å². The zero-order valence-corrected chi connectivity index (χ0v) is 10.4. The highest BCUT2D eigenvalue weighted by Crippen LogP contribution is 2.35. The third-order valence-electron chi connectivity index (χ3n) is 2.61. The minimum atomic E-state index is 0.146. The third kappa shape index (κ3) is 2.23. The first-order valence-corrected chi connectivity index (χ1v) is 6.39. The van der Waals surface area contributed by atoms with Gasteiger partial charge in [0.15, 0.2) is 0 Å². The molecule has 1 amide bonds. The van der Waals surface area contributed by atoms with Crippen molar-refractivity contribution in [3.8, 4) is 0 Å². The first-order chi connectivity index (χ1) is 7.72. The van der Waals surface area contributed by atoms with E-state index in [2.05, 4.69) is 24.4 Å². The van der Waals surface area contributed by atoms with Gasteiger partial charge in [0.2, 0.25) is 5.91 Å². The van der Waals surface area contributed by atoms with E-state index in [1.54, 1.807) is 7.05 Å². The summed E-state index contributed by atoms with van der Waals surface area (Å²) in [5.74, 6) is 1.12. The molecule has 3 nitrogen and oxygen atoms in total. The van der Waals surface area contributed by atoms with E-state index in [1.165, 1.54) is 10.5 Å². The van der Waals surface area contributed by atoms with Gasteiger partial charge in [-0.15, -0.1) is 11.8 Å². The van der Waals surface area contributed by atoms with E-state index in [0.29, 0.717) is 6.54 Å². The maximum atomic E-state index is 11.9. The second kappa shape index (κ2) is 4.89. The average Bonchev–Trinajstić information content (AvgIpc) is 2.28. The monoisotopic (exact) mass is 236 g/mol. The zero-order chi connectivity index (χ0) is 11.5. The van der Waals surface area contributed by atoms with Crippen LogP contribution in [0.2, 0.25) is 0 Å². The molecule has 86 valence electrons. The van der Waals surface area contributed by atoms with E-state index in [4.69, 9.17) is 0 Å². The Hall–Kier alpha value is -1.00. The molecule has 0 aromatic heterocycles. The third-order valence-corrected chi connectivity index (χ3v) is 3.63. The van der Waals surface area contributed by atoms with Crippen molar-refractivity contribution in [2.75, 3.05) is 30.8 Å². The Labute approximate surface area is 100 Å². The van der Waals surface area contributed by atoms with Gasteiger partial charge in [-0.3, -0.25) is 4.79 Å². The number of carbonyl (C=O) groups excluding carboxylic acids is 1. The van der Waals surface area contributed by atoms with Crippen LogP contribution in [0.5, 0.6) is 0 Å². The van der Waals surface area contributed by atoms with E-state index < -0.39 is 0 Å². The fraction of sp³-hybridized carbons (Fsp3) is 0.417. The van der Waals surface area contributed by atoms with Crippen LogP contribution in [-0.4, -0.2) is 31.8 Å². The Morgan fingerprint density at radius 2 is 2.38 bits per heavy atom. The standard InChI is InChI=1S/C12H16N2OS/c1-9-3-4-10-11(7-9)16-6-5-14(10)12(15)8-13-2/h3-4,7,13H,5-6,8H2,1-2H3. The van der Waals surface area contributed by atoms with Gasteiger partial charge in [-0.2, -0.15) is 0 Å². The van der Waals surface area contributed by atoms with Gasteiger partial charge in [0.1, 0.15) is 0 Å². The van der Waals surface area contributed by atoms with Gasteiger partial charge in [0, 0.05) is 17.2 Å². The van der Waals surface area contributed by atoms with Crippen LogP contribution >= 0.6 is 11.8 Å². The molecule has 1 aliphatic heterocycles. The van der Waals surface area contributed by atoms with Crippen LogP contribution < -0.4 is 10.2 Å². The molecule has 16 heavy (non-hydrogen) atoms. The van der Waals surface area contributed by atoms with Gasteiger partial charge in [-0.1, -0.05) is 6.07 Å². The summed E-state index contributed by atoms with van der Waals surface area (Å²) >= 11 is 1.83. The Morgan fingerprint density at radius 1 is 1.56 bits per heavy atom. The van der Waals surface area contributed by atoms with E-state index in [9.17, 15) is 4.79 Å². The number of aryl methyl sites for hydroxylation is 1. The number of fused-ring (bicyclic) bond motifs is 1. The van der Waals surface area contributed by atoms with Gasteiger partial charge in [0.05, 0.1) is 12.2 Å². The molecule has 0 fully saturated rings. The smallest absolute Gasteiger partial charge is 0.240 e. The number of rotatable bonds is 2. The molecule has 0 aliphatic carbocycles. The summed E-state index contributed by atoms with van der Waals surface area (Å²) in [6, 6.07) is 6.26. The van der Waals surface area contributed by atoms with Gasteiger partial charge < -0.3 is 10.2 Å². The second-order valence-electron chi connectivity index (χ2n) is 3.90. The molecule has 1 aromatic carbocycles. The quantitative estimate of drug-likeness (QED) is 0.847. The predicted octanol–water partition coefficient (Wildman–Crippen LogP) is 1.65. The lowest BCUT2D eigenvalue weighted by molar-refractivity contribution is -0.117. The molecular weight excluding hydrogens is 220 g/mol. The Kier molecular flexibility index (Phi) is 3.51. The lowest BCUT2D eigenvalue weighted by Crippen LogP contribution is -2.40. The SMILES string of the molecule is CNCC(=O)N1CCSc2cc(C)ccc21. The Balaban J connectivity index is 2.29. The van der Waals surface area contributed by atoms with Crippen molar-refractivity contribution < 1.29 is 4.79 Å². The summed E-state index contributed by atoms with van der Waals surface area (Å²) in [5, 5.41) is 2.91. The van der Waals surface area contributed by atoms with Gasteiger partial charge >= 0.3 is 0 Å². The summed E-state index contributed by atoms with van der Waals surface area (Å²) in [6.45, 7) is 3.29. The molecule has 4 heteroatoms. The maximum Gasteiger partial charge on any atom is 0.240 e. The van der Waals surface area contributed by atoms with Crippen LogP contribution in [0.4, 0.5) is 5.69 Å². The molecule has 0 saturated heterocycles. The van der Waals surface area contributed by atoms with Crippen LogP contribution in [0.15, 0.2) is 23.1 Å². The summed E-state index contributed by atoms with van der Waals surface area (Å²) in [4.78, 5) is 15.0. The summed E-state index contributed by atoms with van der Waals surface area (Å²) in [5.41, 5.74) is 2.30. The molecule has 0 radical (unpaired) electrons. The van der Waals surface area contributed by atoms with Crippen molar-refractivity contribution in [3.63, 3.8) is 0 Å². The largest absolute Gasteiger partial charge is 0.311 e. The molecule has 0 saturated carbocycles. The lowest BCUT2D eigenvalue weighted by Gasteiger charge is -2.29. The highest BCUT2D eigenvalue weighted by atomic mass is 32.2. The van der Waals surface area contributed by atoms with Crippen LogP contribution in [0.25, 0.3) is 0 Å². The number of anilines is 1. The van der Waals surface area contributed by atoms with Crippen molar-refractivity contribution >= 4 is 23.4 Å². The first kappa shape index (κ1) is 11.5. The Morgan fingerprint density at radius 3 is 3.12 bits per heavy atom.